The first-order chi connectivity index (χ1) is 10.1. The molecule has 21 heavy (non-hydrogen) atoms. The van der Waals surface area contributed by atoms with E-state index >= 15 is 0 Å². The highest BCUT2D eigenvalue weighted by molar-refractivity contribution is 5.96. The molecule has 2 rings (SSSR count). The van der Waals surface area contributed by atoms with Gasteiger partial charge in [-0.2, -0.15) is 0 Å². The number of rotatable bonds is 6. The van der Waals surface area contributed by atoms with Gasteiger partial charge >= 0.3 is 0 Å². The number of hydrogen-bond donors (Lipinski definition) is 0. The normalized spacial score (nSPS) is 10.4. The van der Waals surface area contributed by atoms with Crippen molar-refractivity contribution in [1.82, 2.24) is 0 Å². The van der Waals surface area contributed by atoms with Crippen molar-refractivity contribution >= 4 is 11.5 Å². The molecule has 0 spiro atoms. The Morgan fingerprint density at radius 2 is 1.86 bits per heavy atom. The Kier molecular flexibility index (Phi) is 5.04. The fourth-order valence-corrected chi connectivity index (χ4v) is 2.20. The van der Waals surface area contributed by atoms with Crippen LogP contribution in [0.2, 0.25) is 0 Å². The van der Waals surface area contributed by atoms with Crippen LogP contribution in [0, 0.1) is 11.6 Å². The second-order valence-electron chi connectivity index (χ2n) is 4.71. The maximum atomic E-state index is 13.8. The molecule has 0 aromatic heterocycles. The number of Topliss-reactive ketones (excluding diaryl/α,β-unsaturated/α-hetero) is 1. The summed E-state index contributed by atoms with van der Waals surface area (Å²) in [5.74, 6) is -0.885. The largest absolute Gasteiger partial charge is 0.369 e. The van der Waals surface area contributed by atoms with Crippen molar-refractivity contribution in [1.29, 1.82) is 0 Å². The van der Waals surface area contributed by atoms with Gasteiger partial charge in [0, 0.05) is 25.1 Å². The molecule has 110 valence electrons. The van der Waals surface area contributed by atoms with Crippen molar-refractivity contribution in [2.24, 2.45) is 0 Å². The molecule has 0 bridgehead atoms. The molecular weight excluding hydrogens is 272 g/mol. The molecule has 0 saturated heterocycles. The van der Waals surface area contributed by atoms with Crippen molar-refractivity contribution in [2.45, 2.75) is 13.3 Å². The Morgan fingerprint density at radius 3 is 2.52 bits per heavy atom. The van der Waals surface area contributed by atoms with Gasteiger partial charge < -0.3 is 4.90 Å². The highest BCUT2D eigenvalue weighted by Crippen LogP contribution is 2.19. The predicted octanol–water partition coefficient (Wildman–Crippen LogP) is 4.06. The molecule has 0 fully saturated rings. The Bertz CT molecular complexity index is 628. The van der Waals surface area contributed by atoms with E-state index in [0.717, 1.165) is 0 Å². The first-order valence-electron chi connectivity index (χ1n) is 6.90. The topological polar surface area (TPSA) is 20.3 Å². The Morgan fingerprint density at radius 1 is 1.10 bits per heavy atom. The summed E-state index contributed by atoms with van der Waals surface area (Å²) >= 11 is 0. The van der Waals surface area contributed by atoms with Crippen molar-refractivity contribution in [3.8, 4) is 0 Å². The zero-order valence-electron chi connectivity index (χ0n) is 11.9. The van der Waals surface area contributed by atoms with Crippen LogP contribution >= 0.6 is 0 Å². The van der Waals surface area contributed by atoms with E-state index in [4.69, 9.17) is 0 Å². The van der Waals surface area contributed by atoms with Crippen LogP contribution in [0.5, 0.6) is 0 Å². The van der Waals surface area contributed by atoms with Gasteiger partial charge in [0.1, 0.15) is 11.6 Å². The highest BCUT2D eigenvalue weighted by atomic mass is 19.1. The summed E-state index contributed by atoms with van der Waals surface area (Å²) in [4.78, 5) is 13.8. The number of hydrogen-bond acceptors (Lipinski definition) is 2. The fraction of sp³-hybridized carbons (Fsp3) is 0.235. The van der Waals surface area contributed by atoms with E-state index in [9.17, 15) is 13.6 Å². The number of nitrogens with zero attached hydrogens (tertiary/aromatic N) is 1. The van der Waals surface area contributed by atoms with Crippen LogP contribution in [-0.2, 0) is 0 Å². The zero-order chi connectivity index (χ0) is 15.2. The number of para-hydroxylation sites is 1. The molecule has 0 atom stereocenters. The molecule has 0 saturated carbocycles. The van der Waals surface area contributed by atoms with Crippen molar-refractivity contribution < 1.29 is 13.6 Å². The average molecular weight is 289 g/mol. The van der Waals surface area contributed by atoms with E-state index in [0.29, 0.717) is 24.3 Å². The third-order valence-corrected chi connectivity index (χ3v) is 3.33. The van der Waals surface area contributed by atoms with Gasteiger partial charge in [0.05, 0.1) is 5.69 Å². The molecule has 0 radical (unpaired) electrons. The minimum Gasteiger partial charge on any atom is -0.369 e. The Balaban J connectivity index is 2.04. The molecule has 2 aromatic carbocycles. The lowest BCUT2D eigenvalue weighted by Gasteiger charge is -2.23. The van der Waals surface area contributed by atoms with Gasteiger partial charge in [-0.15, -0.1) is 0 Å². The average Bonchev–Trinajstić information content (AvgIpc) is 2.49. The van der Waals surface area contributed by atoms with Crippen molar-refractivity contribution in [3.05, 3.63) is 65.7 Å². The van der Waals surface area contributed by atoms with E-state index in [2.05, 4.69) is 0 Å². The van der Waals surface area contributed by atoms with Crippen LogP contribution in [0.3, 0.4) is 0 Å². The van der Waals surface area contributed by atoms with Crippen LogP contribution in [0.25, 0.3) is 0 Å². The van der Waals surface area contributed by atoms with E-state index < -0.39 is 5.82 Å². The summed E-state index contributed by atoms with van der Waals surface area (Å²) in [5.41, 5.74) is 0.826. The number of ketones is 1. The lowest BCUT2D eigenvalue weighted by atomic mass is 10.1. The second-order valence-corrected chi connectivity index (χ2v) is 4.71. The molecule has 0 unspecified atom stereocenters. The molecule has 2 aromatic rings. The summed E-state index contributed by atoms with van der Waals surface area (Å²) in [6.45, 7) is 2.89. The quantitative estimate of drug-likeness (QED) is 0.747. The zero-order valence-corrected chi connectivity index (χ0v) is 11.9. The monoisotopic (exact) mass is 289 g/mol. The number of anilines is 1. The molecule has 4 heteroatoms. The summed E-state index contributed by atoms with van der Waals surface area (Å²) in [6, 6.07) is 12.1. The molecular formula is C17H17F2NO. The SMILES string of the molecule is CCN(CCC(=O)c1cccc(F)c1)c1ccccc1F. The Hall–Kier alpha value is -2.23. The first kappa shape index (κ1) is 15.2. The van der Waals surface area contributed by atoms with E-state index in [-0.39, 0.29) is 18.0 Å². The maximum Gasteiger partial charge on any atom is 0.164 e. The maximum absolute atomic E-state index is 13.8. The highest BCUT2D eigenvalue weighted by Gasteiger charge is 2.12. The van der Waals surface area contributed by atoms with Gasteiger partial charge in [-0.05, 0) is 31.2 Å². The summed E-state index contributed by atoms with van der Waals surface area (Å²) in [6.07, 6.45) is 0.214. The van der Waals surface area contributed by atoms with E-state index in [1.54, 1.807) is 29.2 Å². The number of benzene rings is 2. The molecule has 2 nitrogen and oxygen atoms in total. The summed E-state index contributed by atoms with van der Waals surface area (Å²) in [7, 11) is 0. The third kappa shape index (κ3) is 3.88. The van der Waals surface area contributed by atoms with Gasteiger partial charge in [-0.1, -0.05) is 24.3 Å². The van der Waals surface area contributed by atoms with E-state index in [1.165, 1.54) is 24.3 Å². The van der Waals surface area contributed by atoms with E-state index in [1.807, 2.05) is 6.92 Å². The summed E-state index contributed by atoms with van der Waals surface area (Å²) < 4.78 is 26.8. The number of carbonyl (C=O) groups excluding carboxylic acids is 1. The minimum absolute atomic E-state index is 0.149. The van der Waals surface area contributed by atoms with Crippen LogP contribution in [-0.4, -0.2) is 18.9 Å². The van der Waals surface area contributed by atoms with Gasteiger partial charge in [-0.3, -0.25) is 4.79 Å². The standard InChI is InChI=1S/C17H17F2NO/c1-2-20(16-9-4-3-8-15(16)19)11-10-17(21)13-6-5-7-14(18)12-13/h3-9,12H,2,10-11H2,1H3. The molecule has 0 aliphatic carbocycles. The number of carbonyl (C=O) groups is 1. The van der Waals surface area contributed by atoms with Crippen molar-refractivity contribution in [3.63, 3.8) is 0 Å². The first-order valence-corrected chi connectivity index (χ1v) is 6.90. The third-order valence-electron chi connectivity index (χ3n) is 3.33. The number of halogens is 2. The van der Waals surface area contributed by atoms with Crippen LogP contribution in [0.15, 0.2) is 48.5 Å². The lowest BCUT2D eigenvalue weighted by molar-refractivity contribution is 0.0984. The smallest absolute Gasteiger partial charge is 0.164 e. The van der Waals surface area contributed by atoms with Crippen molar-refractivity contribution in [2.75, 3.05) is 18.0 Å². The van der Waals surface area contributed by atoms with Gasteiger partial charge in [0.2, 0.25) is 0 Å². The lowest BCUT2D eigenvalue weighted by Crippen LogP contribution is -2.26. The Labute approximate surface area is 123 Å². The molecule has 0 aliphatic heterocycles. The van der Waals surface area contributed by atoms with Crippen LogP contribution in [0.4, 0.5) is 14.5 Å². The summed E-state index contributed by atoms with van der Waals surface area (Å²) in [5, 5.41) is 0. The molecule has 0 aliphatic rings. The van der Waals surface area contributed by atoms with Crippen LogP contribution in [0.1, 0.15) is 23.7 Å². The van der Waals surface area contributed by atoms with Crippen LogP contribution < -0.4 is 4.90 Å². The molecule has 0 amide bonds. The fourth-order valence-electron chi connectivity index (χ4n) is 2.20. The molecule has 0 N–H and O–H groups in total. The van der Waals surface area contributed by atoms with Gasteiger partial charge in [-0.25, -0.2) is 8.78 Å². The minimum atomic E-state index is -0.428. The predicted molar refractivity (Wildman–Crippen MR) is 79.6 cm³/mol. The van der Waals surface area contributed by atoms with Gasteiger partial charge in [0.25, 0.3) is 0 Å². The molecule has 0 heterocycles. The van der Waals surface area contributed by atoms with Gasteiger partial charge in [0.15, 0.2) is 5.78 Å². The second kappa shape index (κ2) is 6.97.